The summed E-state index contributed by atoms with van der Waals surface area (Å²) in [6.07, 6.45) is 7.08. The van der Waals surface area contributed by atoms with Crippen molar-refractivity contribution < 1.29 is 0 Å². The largest absolute Gasteiger partial charge is 0.313 e. The second-order valence-electron chi connectivity index (χ2n) is 5.26. The van der Waals surface area contributed by atoms with E-state index in [9.17, 15) is 0 Å². The highest BCUT2D eigenvalue weighted by Crippen LogP contribution is 2.49. The number of nitrogens with one attached hydrogen (secondary N) is 1. The molecule has 1 heterocycles. The van der Waals surface area contributed by atoms with Crippen molar-refractivity contribution >= 4 is 11.3 Å². The highest BCUT2D eigenvalue weighted by molar-refractivity contribution is 7.11. The third-order valence-corrected chi connectivity index (χ3v) is 5.10. The fourth-order valence-electron chi connectivity index (χ4n) is 3.44. The first-order valence-electron chi connectivity index (χ1n) is 6.31. The fraction of sp³-hybridized carbons (Fsp3) is 0.833. The molecule has 2 saturated carbocycles. The summed E-state index contributed by atoms with van der Waals surface area (Å²) >= 11 is 1.79. The molecule has 0 saturated heterocycles. The fourth-order valence-corrected chi connectivity index (χ4v) is 4.39. The molecule has 1 N–H and O–H groups in total. The minimum Gasteiger partial charge on any atom is -0.313 e. The van der Waals surface area contributed by atoms with Crippen LogP contribution in [0, 0.1) is 17.8 Å². The Kier molecular flexibility index (Phi) is 2.94. The van der Waals surface area contributed by atoms with Crippen molar-refractivity contribution in [2.45, 2.75) is 38.6 Å². The van der Waals surface area contributed by atoms with Gasteiger partial charge in [-0.05, 0) is 44.1 Å². The summed E-state index contributed by atoms with van der Waals surface area (Å²) in [6, 6.07) is 0. The van der Waals surface area contributed by atoms with Crippen molar-refractivity contribution in [1.82, 2.24) is 15.5 Å². The van der Waals surface area contributed by atoms with Gasteiger partial charge in [-0.3, -0.25) is 0 Å². The predicted octanol–water partition coefficient (Wildman–Crippen LogP) is 2.24. The molecule has 2 aliphatic rings. The molecule has 1 aromatic heterocycles. The topological polar surface area (TPSA) is 37.8 Å². The van der Waals surface area contributed by atoms with Crippen molar-refractivity contribution in [3.05, 3.63) is 10.0 Å². The van der Waals surface area contributed by atoms with E-state index >= 15 is 0 Å². The molecule has 3 nitrogen and oxygen atoms in total. The zero-order chi connectivity index (χ0) is 11.0. The lowest BCUT2D eigenvalue weighted by molar-refractivity contribution is 0.331. The molecule has 0 aromatic carbocycles. The Bertz CT molecular complexity index is 363. The van der Waals surface area contributed by atoms with Gasteiger partial charge in [0.2, 0.25) is 0 Å². The summed E-state index contributed by atoms with van der Waals surface area (Å²) in [5.41, 5.74) is 0. The summed E-state index contributed by atoms with van der Waals surface area (Å²) < 4.78 is 0. The molecule has 3 rings (SSSR count). The van der Waals surface area contributed by atoms with Gasteiger partial charge >= 0.3 is 0 Å². The van der Waals surface area contributed by atoms with Crippen LogP contribution in [-0.4, -0.2) is 17.2 Å². The lowest BCUT2D eigenvalue weighted by atomic mass is 9.87. The number of fused-ring (bicyclic) bond motifs is 2. The van der Waals surface area contributed by atoms with Crippen molar-refractivity contribution in [3.8, 4) is 0 Å². The van der Waals surface area contributed by atoms with Crippen LogP contribution in [0.1, 0.15) is 35.7 Å². The molecule has 88 valence electrons. The highest BCUT2D eigenvalue weighted by atomic mass is 32.1. The standard InChI is InChI=1S/C12H19N3S/c1-13-7-12-15-14-11(16-12)6-10-5-8-2-3-9(10)4-8/h8-10,13H,2-7H2,1H3. The zero-order valence-electron chi connectivity index (χ0n) is 9.78. The normalized spacial score (nSPS) is 32.4. The van der Waals surface area contributed by atoms with Crippen LogP contribution in [0.15, 0.2) is 0 Å². The third-order valence-electron chi connectivity index (χ3n) is 4.16. The van der Waals surface area contributed by atoms with Gasteiger partial charge in [-0.2, -0.15) is 0 Å². The van der Waals surface area contributed by atoms with Gasteiger partial charge in [0.25, 0.3) is 0 Å². The molecule has 0 radical (unpaired) electrons. The van der Waals surface area contributed by atoms with Gasteiger partial charge in [0, 0.05) is 13.0 Å². The van der Waals surface area contributed by atoms with Crippen molar-refractivity contribution in [3.63, 3.8) is 0 Å². The molecule has 2 fully saturated rings. The number of nitrogens with zero attached hydrogens (tertiary/aromatic N) is 2. The Morgan fingerprint density at radius 1 is 1.25 bits per heavy atom. The number of hydrogen-bond acceptors (Lipinski definition) is 4. The summed E-state index contributed by atoms with van der Waals surface area (Å²) in [4.78, 5) is 0. The van der Waals surface area contributed by atoms with Gasteiger partial charge in [0.1, 0.15) is 10.0 Å². The average Bonchev–Trinajstić information content (AvgIpc) is 2.95. The average molecular weight is 237 g/mol. The van der Waals surface area contributed by atoms with Crippen LogP contribution in [0.5, 0.6) is 0 Å². The van der Waals surface area contributed by atoms with Crippen molar-refractivity contribution in [1.29, 1.82) is 0 Å². The Morgan fingerprint density at radius 2 is 2.12 bits per heavy atom. The second kappa shape index (κ2) is 4.41. The minimum absolute atomic E-state index is 0.856. The van der Waals surface area contributed by atoms with Gasteiger partial charge in [0.15, 0.2) is 0 Å². The lowest BCUT2D eigenvalue weighted by Crippen LogP contribution is -2.12. The molecule has 0 spiro atoms. The molecule has 16 heavy (non-hydrogen) atoms. The monoisotopic (exact) mass is 237 g/mol. The van der Waals surface area contributed by atoms with Crippen LogP contribution in [0.2, 0.25) is 0 Å². The van der Waals surface area contributed by atoms with Crippen LogP contribution < -0.4 is 5.32 Å². The molecule has 4 heteroatoms. The van der Waals surface area contributed by atoms with Gasteiger partial charge in [-0.15, -0.1) is 21.5 Å². The predicted molar refractivity (Wildman–Crippen MR) is 65.3 cm³/mol. The van der Waals surface area contributed by atoms with E-state index in [0.717, 1.165) is 29.3 Å². The van der Waals surface area contributed by atoms with E-state index < -0.39 is 0 Å². The van der Waals surface area contributed by atoms with Crippen molar-refractivity contribution in [2.75, 3.05) is 7.05 Å². The maximum Gasteiger partial charge on any atom is 0.131 e. The van der Waals surface area contributed by atoms with E-state index in [0.29, 0.717) is 0 Å². The van der Waals surface area contributed by atoms with Crippen LogP contribution in [0.25, 0.3) is 0 Å². The molecular weight excluding hydrogens is 218 g/mol. The van der Waals surface area contributed by atoms with E-state index in [1.54, 1.807) is 11.3 Å². The first-order valence-corrected chi connectivity index (χ1v) is 7.12. The van der Waals surface area contributed by atoms with Gasteiger partial charge in [-0.1, -0.05) is 6.42 Å². The number of rotatable bonds is 4. The van der Waals surface area contributed by atoms with Crippen LogP contribution >= 0.6 is 11.3 Å². The van der Waals surface area contributed by atoms with Gasteiger partial charge < -0.3 is 5.32 Å². The zero-order valence-corrected chi connectivity index (χ0v) is 10.6. The first kappa shape index (κ1) is 10.7. The van der Waals surface area contributed by atoms with E-state index in [4.69, 9.17) is 0 Å². The van der Waals surface area contributed by atoms with Crippen LogP contribution in [-0.2, 0) is 13.0 Å². The smallest absolute Gasteiger partial charge is 0.131 e. The summed E-state index contributed by atoms with van der Waals surface area (Å²) in [7, 11) is 1.96. The maximum absolute atomic E-state index is 4.31. The van der Waals surface area contributed by atoms with E-state index in [1.165, 1.54) is 37.1 Å². The Hall–Kier alpha value is -0.480. The van der Waals surface area contributed by atoms with E-state index in [-0.39, 0.29) is 0 Å². The van der Waals surface area contributed by atoms with E-state index in [2.05, 4.69) is 15.5 Å². The number of hydrogen-bond donors (Lipinski definition) is 1. The Labute approximate surface area is 101 Å². The number of aromatic nitrogens is 2. The van der Waals surface area contributed by atoms with Crippen molar-refractivity contribution in [2.24, 2.45) is 17.8 Å². The quantitative estimate of drug-likeness (QED) is 0.872. The van der Waals surface area contributed by atoms with Gasteiger partial charge in [-0.25, -0.2) is 0 Å². The molecule has 0 amide bonds. The molecule has 3 unspecified atom stereocenters. The van der Waals surface area contributed by atoms with Crippen LogP contribution in [0.4, 0.5) is 0 Å². The Morgan fingerprint density at radius 3 is 2.81 bits per heavy atom. The summed E-state index contributed by atoms with van der Waals surface area (Å²) in [5.74, 6) is 2.95. The SMILES string of the molecule is CNCc1nnc(CC2CC3CCC2C3)s1. The molecule has 0 aliphatic heterocycles. The minimum atomic E-state index is 0.856. The van der Waals surface area contributed by atoms with Crippen LogP contribution in [0.3, 0.4) is 0 Å². The Balaban J connectivity index is 1.61. The van der Waals surface area contributed by atoms with Gasteiger partial charge in [0.05, 0.1) is 0 Å². The lowest BCUT2D eigenvalue weighted by Gasteiger charge is -2.19. The first-order chi connectivity index (χ1) is 7.85. The molecule has 2 aliphatic carbocycles. The third kappa shape index (κ3) is 2.00. The molecule has 1 aromatic rings. The molecule has 3 atom stereocenters. The molecule has 2 bridgehead atoms. The summed E-state index contributed by atoms with van der Waals surface area (Å²) in [6.45, 7) is 0.856. The maximum atomic E-state index is 4.31. The molecular formula is C12H19N3S. The summed E-state index contributed by atoms with van der Waals surface area (Å²) in [5, 5.41) is 14.0. The highest BCUT2D eigenvalue weighted by Gasteiger charge is 2.39. The van der Waals surface area contributed by atoms with E-state index in [1.807, 2.05) is 7.05 Å². The second-order valence-corrected chi connectivity index (χ2v) is 6.41.